The average molecular weight is 509 g/mol. The van der Waals surface area contributed by atoms with Gasteiger partial charge in [-0.3, -0.25) is 14.3 Å². The molecule has 1 aliphatic carbocycles. The number of carbonyl (C=O) groups is 2. The van der Waals surface area contributed by atoms with Gasteiger partial charge in [0, 0.05) is 29.6 Å². The third-order valence-corrected chi connectivity index (χ3v) is 8.94. The van der Waals surface area contributed by atoms with Crippen molar-refractivity contribution in [3.63, 3.8) is 0 Å². The smallest absolute Gasteiger partial charge is 0.244 e. The van der Waals surface area contributed by atoms with E-state index in [1.807, 2.05) is 30.3 Å². The second-order valence-electron chi connectivity index (χ2n) is 8.75. The number of sulfonamides is 1. The summed E-state index contributed by atoms with van der Waals surface area (Å²) in [5.74, 6) is -0.527. The molecule has 176 valence electrons. The molecule has 2 amide bonds. The van der Waals surface area contributed by atoms with Gasteiger partial charge >= 0.3 is 0 Å². The predicted molar refractivity (Wildman–Crippen MR) is 129 cm³/mol. The third kappa shape index (κ3) is 5.36. The Bertz CT molecular complexity index is 1140. The Labute approximate surface area is 204 Å². The van der Waals surface area contributed by atoms with Crippen molar-refractivity contribution in [1.82, 2.24) is 9.62 Å². The van der Waals surface area contributed by atoms with E-state index in [4.69, 9.17) is 23.2 Å². The number of halogens is 2. The molecule has 2 fully saturated rings. The number of hydrogen-bond acceptors (Lipinski definition) is 4. The molecule has 0 bridgehead atoms. The molecule has 33 heavy (non-hydrogen) atoms. The molecule has 0 spiro atoms. The molecule has 1 aliphatic heterocycles. The van der Waals surface area contributed by atoms with Crippen molar-refractivity contribution in [3.8, 4) is 0 Å². The second-order valence-corrected chi connectivity index (χ2v) is 11.6. The molecule has 1 saturated heterocycles. The number of likely N-dealkylation sites (tertiary alicyclic amines) is 1. The highest BCUT2D eigenvalue weighted by Crippen LogP contribution is 2.51. The molecule has 9 heteroatoms. The number of benzene rings is 2. The van der Waals surface area contributed by atoms with Crippen LogP contribution in [0.1, 0.15) is 43.2 Å². The van der Waals surface area contributed by atoms with Gasteiger partial charge in [0.25, 0.3) is 0 Å². The topological polar surface area (TPSA) is 83.6 Å². The number of rotatable bonds is 7. The lowest BCUT2D eigenvalue weighted by atomic mass is 9.95. The molecule has 2 aromatic rings. The summed E-state index contributed by atoms with van der Waals surface area (Å²) in [6.45, 7) is 0.725. The van der Waals surface area contributed by atoms with Crippen LogP contribution in [-0.4, -0.2) is 43.5 Å². The molecule has 0 unspecified atom stereocenters. The first-order valence-corrected chi connectivity index (χ1v) is 13.3. The van der Waals surface area contributed by atoms with Crippen molar-refractivity contribution in [3.05, 3.63) is 69.7 Å². The summed E-state index contributed by atoms with van der Waals surface area (Å²) in [6, 6.07) is 14.7. The van der Waals surface area contributed by atoms with Crippen LogP contribution in [0.4, 0.5) is 0 Å². The van der Waals surface area contributed by atoms with Crippen LogP contribution in [0.2, 0.25) is 10.0 Å². The van der Waals surface area contributed by atoms with E-state index >= 15 is 0 Å². The van der Waals surface area contributed by atoms with Gasteiger partial charge in [0.05, 0.1) is 10.7 Å². The predicted octanol–water partition coefficient (Wildman–Crippen LogP) is 4.09. The van der Waals surface area contributed by atoms with Gasteiger partial charge in [0.1, 0.15) is 0 Å². The maximum Gasteiger partial charge on any atom is 0.244 e. The van der Waals surface area contributed by atoms with Crippen LogP contribution in [-0.2, 0) is 31.4 Å². The molecule has 2 aliphatic rings. The van der Waals surface area contributed by atoms with Crippen LogP contribution in [0, 0.1) is 0 Å². The molecule has 0 aromatic heterocycles. The lowest BCUT2D eigenvalue weighted by Crippen LogP contribution is -2.48. The van der Waals surface area contributed by atoms with Gasteiger partial charge < -0.3 is 4.90 Å². The van der Waals surface area contributed by atoms with E-state index in [0.29, 0.717) is 67.2 Å². The van der Waals surface area contributed by atoms with Crippen molar-refractivity contribution in [2.45, 2.75) is 49.2 Å². The fraction of sp³-hybridized carbons (Fsp3) is 0.417. The van der Waals surface area contributed by atoms with E-state index in [-0.39, 0.29) is 5.91 Å². The first-order valence-electron chi connectivity index (χ1n) is 11.0. The van der Waals surface area contributed by atoms with Crippen LogP contribution < -0.4 is 4.72 Å². The summed E-state index contributed by atoms with van der Waals surface area (Å²) in [5.41, 5.74) is 0.768. The van der Waals surface area contributed by atoms with E-state index in [9.17, 15) is 18.0 Å². The molecule has 4 rings (SSSR count). The fourth-order valence-electron chi connectivity index (χ4n) is 4.40. The molecule has 0 radical (unpaired) electrons. The minimum atomic E-state index is -3.87. The first-order chi connectivity index (χ1) is 15.7. The largest absolute Gasteiger partial charge is 0.343 e. The number of piperidine rings is 1. The molecule has 1 N–H and O–H groups in total. The Morgan fingerprint density at radius 2 is 1.70 bits per heavy atom. The van der Waals surface area contributed by atoms with Crippen LogP contribution in [0.5, 0.6) is 0 Å². The minimum Gasteiger partial charge on any atom is -0.343 e. The second kappa shape index (κ2) is 9.65. The summed E-state index contributed by atoms with van der Waals surface area (Å²) in [4.78, 5) is 27.2. The molecular weight excluding hydrogens is 483 g/mol. The molecule has 1 saturated carbocycles. The number of aryl methyl sites for hydroxylation is 1. The molecule has 2 aromatic carbocycles. The summed E-state index contributed by atoms with van der Waals surface area (Å²) >= 11 is 12.2. The van der Waals surface area contributed by atoms with Crippen molar-refractivity contribution in [1.29, 1.82) is 0 Å². The van der Waals surface area contributed by atoms with Crippen LogP contribution in [0.15, 0.2) is 48.5 Å². The van der Waals surface area contributed by atoms with Gasteiger partial charge in [0.2, 0.25) is 21.8 Å². The summed E-state index contributed by atoms with van der Waals surface area (Å²) < 4.78 is 28.2. The number of nitrogens with one attached hydrogen (secondary N) is 1. The average Bonchev–Trinajstić information content (AvgIpc) is 3.60. The Morgan fingerprint density at radius 1 is 1.03 bits per heavy atom. The Hall–Kier alpha value is -2.09. The van der Waals surface area contributed by atoms with E-state index in [0.717, 1.165) is 5.56 Å². The number of nitrogens with zero attached hydrogens (tertiary/aromatic N) is 1. The number of carbonyl (C=O) groups excluding carboxylic acids is 2. The highest BCUT2D eigenvalue weighted by Gasteiger charge is 2.53. The lowest BCUT2D eigenvalue weighted by Gasteiger charge is -2.32. The molecule has 1 heterocycles. The van der Waals surface area contributed by atoms with E-state index in [1.54, 1.807) is 23.1 Å². The Morgan fingerprint density at radius 3 is 2.30 bits per heavy atom. The van der Waals surface area contributed by atoms with Crippen molar-refractivity contribution in [2.75, 3.05) is 13.1 Å². The summed E-state index contributed by atoms with van der Waals surface area (Å²) in [5, 5.41) is 0.101. The van der Waals surface area contributed by atoms with Gasteiger partial charge in [0.15, 0.2) is 0 Å². The van der Waals surface area contributed by atoms with Gasteiger partial charge in [-0.2, -0.15) is 0 Å². The monoisotopic (exact) mass is 508 g/mol. The normalized spacial score (nSPS) is 18.1. The maximum atomic E-state index is 13.0. The van der Waals surface area contributed by atoms with Gasteiger partial charge in [-0.05, 0) is 55.4 Å². The van der Waals surface area contributed by atoms with Crippen molar-refractivity contribution >= 4 is 45.0 Å². The molecular formula is C24H26Cl2N2O4S. The van der Waals surface area contributed by atoms with Gasteiger partial charge in [-0.25, -0.2) is 8.42 Å². The zero-order valence-electron chi connectivity index (χ0n) is 18.1. The lowest BCUT2D eigenvalue weighted by molar-refractivity contribution is -0.132. The molecule has 6 nitrogen and oxygen atoms in total. The summed E-state index contributed by atoms with van der Waals surface area (Å²) in [6.07, 6.45) is 2.71. The third-order valence-electron chi connectivity index (χ3n) is 6.57. The van der Waals surface area contributed by atoms with Crippen LogP contribution >= 0.6 is 23.2 Å². The highest BCUT2D eigenvalue weighted by molar-refractivity contribution is 7.90. The maximum absolute atomic E-state index is 13.0. The van der Waals surface area contributed by atoms with Crippen LogP contribution in [0.3, 0.4) is 0 Å². The first kappa shape index (κ1) is 24.0. The standard InChI is InChI=1S/C24H26Cl2N2O4S/c25-18-7-8-20(21(26)16-18)24(12-13-24)23(30)27-33(31,32)19-10-14-28(15-11-19)22(29)9-6-17-4-2-1-3-5-17/h1-5,7-8,16,19H,6,9-15H2,(H,27,30). The van der Waals surface area contributed by atoms with E-state index < -0.39 is 26.6 Å². The zero-order chi connectivity index (χ0) is 23.6. The SMILES string of the molecule is O=C(CCc1ccccc1)N1CCC(S(=O)(=O)NC(=O)C2(c3ccc(Cl)cc3Cl)CC2)CC1. The van der Waals surface area contributed by atoms with Gasteiger partial charge in [-0.1, -0.05) is 59.6 Å². The van der Waals surface area contributed by atoms with Gasteiger partial charge in [-0.15, -0.1) is 0 Å². The quantitative estimate of drug-likeness (QED) is 0.610. The fourth-order valence-corrected chi connectivity index (χ4v) is 6.44. The Kier molecular flexibility index (Phi) is 7.03. The number of amides is 2. The van der Waals surface area contributed by atoms with Crippen LogP contribution in [0.25, 0.3) is 0 Å². The minimum absolute atomic E-state index is 0.0213. The Balaban J connectivity index is 1.32. The van der Waals surface area contributed by atoms with Crippen molar-refractivity contribution in [2.24, 2.45) is 0 Å². The van der Waals surface area contributed by atoms with Crippen molar-refractivity contribution < 1.29 is 18.0 Å². The zero-order valence-corrected chi connectivity index (χ0v) is 20.4. The van der Waals surface area contributed by atoms with E-state index in [2.05, 4.69) is 4.72 Å². The summed E-state index contributed by atoms with van der Waals surface area (Å²) in [7, 11) is -3.87. The van der Waals surface area contributed by atoms with E-state index in [1.165, 1.54) is 0 Å². The number of hydrogen-bond donors (Lipinski definition) is 1. The molecule has 0 atom stereocenters. The highest BCUT2D eigenvalue weighted by atomic mass is 35.5.